The van der Waals surface area contributed by atoms with Crippen molar-refractivity contribution in [1.82, 2.24) is 10.2 Å². The van der Waals surface area contributed by atoms with Gasteiger partial charge in [0.15, 0.2) is 0 Å². The smallest absolute Gasteiger partial charge is 0.281 e. The van der Waals surface area contributed by atoms with Gasteiger partial charge in [-0.3, -0.25) is 0 Å². The van der Waals surface area contributed by atoms with Crippen molar-refractivity contribution in [2.45, 2.75) is 23.6 Å². The molecule has 2 rings (SSSR count). The van der Waals surface area contributed by atoms with Gasteiger partial charge in [-0.25, -0.2) is 4.39 Å². The Morgan fingerprint density at radius 1 is 1.38 bits per heavy atom. The summed E-state index contributed by atoms with van der Waals surface area (Å²) in [7, 11) is 0. The molecule has 2 aromatic rings. The zero-order valence-corrected chi connectivity index (χ0v) is 9.29. The van der Waals surface area contributed by atoms with E-state index in [2.05, 4.69) is 10.2 Å². The van der Waals surface area contributed by atoms with Gasteiger partial charge in [0, 0.05) is 11.8 Å². The standard InChI is InChI=1S/C10H9FN2O2S/c1-6-12-13-10(15-6)16-9-3-7(5-14)2-8(11)4-9/h2-4,14H,5H2,1H3. The number of aliphatic hydroxyl groups excluding tert-OH is 1. The van der Waals surface area contributed by atoms with Gasteiger partial charge in [0.25, 0.3) is 5.22 Å². The Morgan fingerprint density at radius 3 is 2.81 bits per heavy atom. The lowest BCUT2D eigenvalue weighted by Crippen LogP contribution is -1.86. The Hall–Kier alpha value is -1.40. The Kier molecular flexibility index (Phi) is 3.21. The average molecular weight is 240 g/mol. The van der Waals surface area contributed by atoms with Crippen molar-refractivity contribution in [3.05, 3.63) is 35.5 Å². The highest BCUT2D eigenvalue weighted by molar-refractivity contribution is 7.99. The first-order chi connectivity index (χ1) is 7.67. The second-order valence-corrected chi connectivity index (χ2v) is 4.17. The number of aliphatic hydroxyl groups is 1. The van der Waals surface area contributed by atoms with Gasteiger partial charge in [-0.1, -0.05) is 0 Å². The summed E-state index contributed by atoms with van der Waals surface area (Å²) in [4.78, 5) is 0.618. The van der Waals surface area contributed by atoms with Gasteiger partial charge >= 0.3 is 0 Å². The molecule has 0 atom stereocenters. The molecule has 84 valence electrons. The zero-order valence-electron chi connectivity index (χ0n) is 8.48. The molecule has 6 heteroatoms. The van der Waals surface area contributed by atoms with E-state index in [1.165, 1.54) is 12.1 Å². The van der Waals surface area contributed by atoms with Gasteiger partial charge in [-0.15, -0.1) is 10.2 Å². The molecule has 0 radical (unpaired) electrons. The fourth-order valence-corrected chi connectivity index (χ4v) is 2.02. The Balaban J connectivity index is 2.24. The van der Waals surface area contributed by atoms with Gasteiger partial charge in [0.1, 0.15) is 5.82 Å². The lowest BCUT2D eigenvalue weighted by atomic mass is 10.2. The second-order valence-electron chi connectivity index (χ2n) is 3.14. The molecular weight excluding hydrogens is 231 g/mol. The quantitative estimate of drug-likeness (QED) is 0.890. The summed E-state index contributed by atoms with van der Waals surface area (Å²) in [6.07, 6.45) is 0. The molecule has 0 bridgehead atoms. The third-order valence-electron chi connectivity index (χ3n) is 1.83. The maximum Gasteiger partial charge on any atom is 0.281 e. The van der Waals surface area contributed by atoms with Crippen LogP contribution in [0.3, 0.4) is 0 Å². The molecule has 0 aliphatic carbocycles. The van der Waals surface area contributed by atoms with E-state index in [1.807, 2.05) is 0 Å². The van der Waals surface area contributed by atoms with Crippen LogP contribution < -0.4 is 0 Å². The van der Waals surface area contributed by atoms with Gasteiger partial charge in [0.05, 0.1) is 6.61 Å². The minimum absolute atomic E-state index is 0.200. The molecule has 0 saturated carbocycles. The molecule has 0 amide bonds. The van der Waals surface area contributed by atoms with E-state index >= 15 is 0 Å². The van der Waals surface area contributed by atoms with E-state index in [-0.39, 0.29) is 6.61 Å². The van der Waals surface area contributed by atoms with E-state index in [1.54, 1.807) is 13.0 Å². The van der Waals surface area contributed by atoms with Crippen LogP contribution in [0.15, 0.2) is 32.7 Å². The number of hydrogen-bond acceptors (Lipinski definition) is 5. The van der Waals surface area contributed by atoms with Crippen LogP contribution in [0.4, 0.5) is 4.39 Å². The monoisotopic (exact) mass is 240 g/mol. The normalized spacial score (nSPS) is 10.7. The predicted octanol–water partition coefficient (Wildman–Crippen LogP) is 2.16. The van der Waals surface area contributed by atoms with Crippen molar-refractivity contribution in [2.24, 2.45) is 0 Å². The molecule has 0 saturated heterocycles. The summed E-state index contributed by atoms with van der Waals surface area (Å²) in [5.74, 6) is 0.0616. The van der Waals surface area contributed by atoms with Gasteiger partial charge in [0.2, 0.25) is 5.89 Å². The summed E-state index contributed by atoms with van der Waals surface area (Å²) < 4.78 is 18.3. The molecule has 1 aromatic carbocycles. The van der Waals surface area contributed by atoms with E-state index < -0.39 is 5.82 Å². The molecule has 0 spiro atoms. The van der Waals surface area contributed by atoms with Crippen LogP contribution in [-0.2, 0) is 6.61 Å². The van der Waals surface area contributed by atoms with Crippen LogP contribution in [-0.4, -0.2) is 15.3 Å². The summed E-state index contributed by atoms with van der Waals surface area (Å²) in [5.41, 5.74) is 0.513. The van der Waals surface area contributed by atoms with Crippen LogP contribution in [0, 0.1) is 12.7 Å². The minimum Gasteiger partial charge on any atom is -0.416 e. The predicted molar refractivity (Wildman–Crippen MR) is 55.5 cm³/mol. The van der Waals surface area contributed by atoms with Gasteiger partial charge in [-0.05, 0) is 35.5 Å². The lowest BCUT2D eigenvalue weighted by Gasteiger charge is -2.00. The fraction of sp³-hybridized carbons (Fsp3) is 0.200. The first-order valence-electron chi connectivity index (χ1n) is 4.55. The number of benzene rings is 1. The minimum atomic E-state index is -0.398. The number of rotatable bonds is 3. The molecule has 0 unspecified atom stereocenters. The number of aromatic nitrogens is 2. The topological polar surface area (TPSA) is 59.2 Å². The number of halogens is 1. The summed E-state index contributed by atoms with van der Waals surface area (Å²) in [6.45, 7) is 1.48. The second kappa shape index (κ2) is 4.63. The molecule has 16 heavy (non-hydrogen) atoms. The van der Waals surface area contributed by atoms with E-state index in [0.29, 0.717) is 21.6 Å². The van der Waals surface area contributed by atoms with E-state index in [0.717, 1.165) is 11.8 Å². The van der Waals surface area contributed by atoms with E-state index in [9.17, 15) is 4.39 Å². The molecular formula is C10H9FN2O2S. The average Bonchev–Trinajstić information content (AvgIpc) is 2.63. The SMILES string of the molecule is Cc1nnc(Sc2cc(F)cc(CO)c2)o1. The highest BCUT2D eigenvalue weighted by Gasteiger charge is 2.07. The van der Waals surface area contributed by atoms with Crippen LogP contribution in [0.25, 0.3) is 0 Å². The van der Waals surface area contributed by atoms with Gasteiger partial charge in [-0.2, -0.15) is 0 Å². The zero-order chi connectivity index (χ0) is 11.5. The van der Waals surface area contributed by atoms with Crippen LogP contribution in [0.2, 0.25) is 0 Å². The largest absolute Gasteiger partial charge is 0.416 e. The van der Waals surface area contributed by atoms with Crippen molar-refractivity contribution >= 4 is 11.8 Å². The maximum atomic E-state index is 13.1. The van der Waals surface area contributed by atoms with Crippen molar-refractivity contribution in [2.75, 3.05) is 0 Å². The van der Waals surface area contributed by atoms with Crippen LogP contribution >= 0.6 is 11.8 Å². The fourth-order valence-electron chi connectivity index (χ4n) is 1.19. The van der Waals surface area contributed by atoms with Crippen molar-refractivity contribution < 1.29 is 13.9 Å². The first kappa shape index (κ1) is 11.1. The Labute approximate surface area is 95.5 Å². The lowest BCUT2D eigenvalue weighted by molar-refractivity contribution is 0.281. The van der Waals surface area contributed by atoms with Crippen LogP contribution in [0.5, 0.6) is 0 Å². The number of hydrogen-bond donors (Lipinski definition) is 1. The molecule has 4 nitrogen and oxygen atoms in total. The van der Waals surface area contributed by atoms with Crippen molar-refractivity contribution in [3.8, 4) is 0 Å². The van der Waals surface area contributed by atoms with Crippen molar-refractivity contribution in [1.29, 1.82) is 0 Å². The Morgan fingerprint density at radius 2 is 2.19 bits per heavy atom. The first-order valence-corrected chi connectivity index (χ1v) is 5.37. The van der Waals surface area contributed by atoms with Gasteiger partial charge < -0.3 is 9.52 Å². The van der Waals surface area contributed by atoms with Crippen LogP contribution in [0.1, 0.15) is 11.5 Å². The molecule has 1 N–H and O–H groups in total. The molecule has 0 aliphatic rings. The Bertz CT molecular complexity index is 501. The highest BCUT2D eigenvalue weighted by atomic mass is 32.2. The number of aryl methyl sites for hydroxylation is 1. The maximum absolute atomic E-state index is 13.1. The molecule has 1 aromatic heterocycles. The summed E-state index contributed by atoms with van der Waals surface area (Å²) in [6, 6.07) is 4.31. The summed E-state index contributed by atoms with van der Waals surface area (Å²) >= 11 is 1.16. The van der Waals surface area contributed by atoms with E-state index in [4.69, 9.17) is 9.52 Å². The third kappa shape index (κ3) is 2.59. The highest BCUT2D eigenvalue weighted by Crippen LogP contribution is 2.27. The van der Waals surface area contributed by atoms with Crippen molar-refractivity contribution in [3.63, 3.8) is 0 Å². The molecule has 1 heterocycles. The summed E-state index contributed by atoms with van der Waals surface area (Å²) in [5, 5.41) is 16.7. The molecule has 0 fully saturated rings. The molecule has 0 aliphatic heterocycles. The number of nitrogens with zero attached hydrogens (tertiary/aromatic N) is 2. The third-order valence-corrected chi connectivity index (χ3v) is 2.64.